The number of nitrogens with one attached hydrogen (secondary N) is 1. The molecule has 1 saturated heterocycles. The first-order valence-electron chi connectivity index (χ1n) is 9.31. The van der Waals surface area contributed by atoms with Crippen molar-refractivity contribution in [1.29, 1.82) is 0 Å². The molecule has 7 heteroatoms. The summed E-state index contributed by atoms with van der Waals surface area (Å²) in [5.74, 6) is -0.277. The van der Waals surface area contributed by atoms with Gasteiger partial charge in [0, 0.05) is 23.7 Å². The van der Waals surface area contributed by atoms with E-state index in [0.717, 1.165) is 30.8 Å². The Bertz CT molecular complexity index is 947. The minimum Gasteiger partial charge on any atom is -0.301 e. The van der Waals surface area contributed by atoms with Gasteiger partial charge in [-0.05, 0) is 43.1 Å². The van der Waals surface area contributed by atoms with E-state index in [1.54, 1.807) is 18.3 Å². The third-order valence-electron chi connectivity index (χ3n) is 4.89. The van der Waals surface area contributed by atoms with Crippen LogP contribution in [-0.2, 0) is 11.2 Å². The monoisotopic (exact) mass is 396 g/mol. The number of rotatable bonds is 6. The van der Waals surface area contributed by atoms with Crippen LogP contribution in [-0.4, -0.2) is 33.9 Å². The summed E-state index contributed by atoms with van der Waals surface area (Å²) in [6.45, 7) is 1.17. The van der Waals surface area contributed by atoms with E-state index < -0.39 is 0 Å². The summed E-state index contributed by atoms with van der Waals surface area (Å²) in [4.78, 5) is 23.4. The number of carbonyl (C=O) groups is 1. The van der Waals surface area contributed by atoms with Gasteiger partial charge in [-0.1, -0.05) is 24.3 Å². The molecule has 2 aromatic heterocycles. The molecule has 0 bridgehead atoms. The largest absolute Gasteiger partial charge is 0.301 e. The minimum absolute atomic E-state index is 0.0654. The van der Waals surface area contributed by atoms with Gasteiger partial charge in [-0.15, -0.1) is 11.3 Å². The van der Waals surface area contributed by atoms with E-state index in [4.69, 9.17) is 4.98 Å². The standard InChI is InChI=1S/C21H21FN4OS/c22-17-7-2-1-5-15(17)13-16-6-3-8-18(24-16)19-9-4-11-26(19)14-20(27)25-21-23-10-12-28-21/h1-3,5-8,10,12,19H,4,9,11,13-14H2,(H,23,25,27)/t19-/m1/s1. The Balaban J connectivity index is 1.45. The SMILES string of the molecule is O=C(CN1CCC[C@@H]1c1cccc(Cc2ccccc2F)n1)Nc1nccs1. The molecular formula is C21H21FN4OS. The first-order chi connectivity index (χ1) is 13.7. The van der Waals surface area contributed by atoms with Crippen LogP contribution in [0.2, 0.25) is 0 Å². The van der Waals surface area contributed by atoms with Crippen molar-refractivity contribution in [1.82, 2.24) is 14.9 Å². The van der Waals surface area contributed by atoms with E-state index in [2.05, 4.69) is 15.2 Å². The third kappa shape index (κ3) is 4.43. The molecule has 1 aromatic carbocycles. The Morgan fingerprint density at radius 1 is 1.25 bits per heavy atom. The number of hydrogen-bond donors (Lipinski definition) is 1. The molecule has 3 heterocycles. The summed E-state index contributed by atoms with van der Waals surface area (Å²) >= 11 is 1.41. The second-order valence-electron chi connectivity index (χ2n) is 6.84. The predicted molar refractivity (Wildman–Crippen MR) is 108 cm³/mol. The van der Waals surface area contributed by atoms with Gasteiger partial charge in [0.05, 0.1) is 18.3 Å². The molecule has 5 nitrogen and oxygen atoms in total. The Morgan fingerprint density at radius 3 is 2.96 bits per heavy atom. The van der Waals surface area contributed by atoms with Crippen molar-refractivity contribution in [2.24, 2.45) is 0 Å². The fourth-order valence-corrected chi connectivity index (χ4v) is 4.14. The number of aromatic nitrogens is 2. The number of anilines is 1. The maximum Gasteiger partial charge on any atom is 0.240 e. The van der Waals surface area contributed by atoms with E-state index in [9.17, 15) is 9.18 Å². The van der Waals surface area contributed by atoms with Gasteiger partial charge in [0.25, 0.3) is 0 Å². The summed E-state index contributed by atoms with van der Waals surface area (Å²) in [5.41, 5.74) is 2.41. The molecule has 0 saturated carbocycles. The van der Waals surface area contributed by atoms with Crippen LogP contribution in [0.4, 0.5) is 9.52 Å². The maximum atomic E-state index is 14.0. The summed E-state index contributed by atoms with van der Waals surface area (Å²) in [7, 11) is 0. The fourth-order valence-electron chi connectivity index (χ4n) is 3.60. The lowest BCUT2D eigenvalue weighted by Crippen LogP contribution is -2.33. The molecule has 1 fully saturated rings. The van der Waals surface area contributed by atoms with Crippen molar-refractivity contribution < 1.29 is 9.18 Å². The Kier molecular flexibility index (Phi) is 5.73. The van der Waals surface area contributed by atoms with Crippen molar-refractivity contribution in [3.05, 3.63) is 76.8 Å². The number of thiazole rings is 1. The number of pyridine rings is 1. The molecular weight excluding hydrogens is 375 g/mol. The molecule has 0 unspecified atom stereocenters. The molecule has 1 aliphatic rings. The first-order valence-corrected chi connectivity index (χ1v) is 10.2. The zero-order valence-electron chi connectivity index (χ0n) is 15.3. The van der Waals surface area contributed by atoms with Gasteiger partial charge >= 0.3 is 0 Å². The molecule has 4 rings (SSSR count). The average molecular weight is 396 g/mol. The molecule has 1 aliphatic heterocycles. The molecule has 28 heavy (non-hydrogen) atoms. The zero-order valence-corrected chi connectivity index (χ0v) is 16.2. The van der Waals surface area contributed by atoms with Crippen LogP contribution in [0.3, 0.4) is 0 Å². The van der Waals surface area contributed by atoms with Gasteiger partial charge in [0.2, 0.25) is 5.91 Å². The summed E-state index contributed by atoms with van der Waals surface area (Å²) < 4.78 is 14.0. The van der Waals surface area contributed by atoms with Gasteiger partial charge in [0.15, 0.2) is 5.13 Å². The Labute approximate surface area is 167 Å². The van der Waals surface area contributed by atoms with Crippen molar-refractivity contribution in [3.63, 3.8) is 0 Å². The summed E-state index contributed by atoms with van der Waals surface area (Å²) in [6, 6.07) is 12.8. The number of amides is 1. The van der Waals surface area contributed by atoms with Crippen LogP contribution in [0, 0.1) is 5.82 Å². The van der Waals surface area contributed by atoms with Gasteiger partial charge in [0.1, 0.15) is 5.82 Å². The lowest BCUT2D eigenvalue weighted by Gasteiger charge is -2.23. The highest BCUT2D eigenvalue weighted by Gasteiger charge is 2.28. The number of halogens is 1. The van der Waals surface area contributed by atoms with E-state index in [-0.39, 0.29) is 17.8 Å². The van der Waals surface area contributed by atoms with E-state index in [1.165, 1.54) is 17.4 Å². The van der Waals surface area contributed by atoms with Crippen LogP contribution in [0.25, 0.3) is 0 Å². The second kappa shape index (κ2) is 8.58. The molecule has 1 atom stereocenters. The predicted octanol–water partition coefficient (Wildman–Crippen LogP) is 4.04. The van der Waals surface area contributed by atoms with Crippen molar-refractivity contribution in [3.8, 4) is 0 Å². The number of hydrogen-bond acceptors (Lipinski definition) is 5. The van der Waals surface area contributed by atoms with Crippen LogP contribution < -0.4 is 5.32 Å². The van der Waals surface area contributed by atoms with Crippen molar-refractivity contribution >= 4 is 22.4 Å². The van der Waals surface area contributed by atoms with Crippen LogP contribution in [0.5, 0.6) is 0 Å². The molecule has 1 N–H and O–H groups in total. The second-order valence-corrected chi connectivity index (χ2v) is 7.73. The quantitative estimate of drug-likeness (QED) is 0.683. The topological polar surface area (TPSA) is 58.1 Å². The molecule has 0 spiro atoms. The smallest absolute Gasteiger partial charge is 0.240 e. The summed E-state index contributed by atoms with van der Waals surface area (Å²) in [6.07, 6.45) is 4.11. The third-order valence-corrected chi connectivity index (χ3v) is 5.58. The molecule has 3 aromatic rings. The van der Waals surface area contributed by atoms with E-state index in [1.807, 2.05) is 29.6 Å². The van der Waals surface area contributed by atoms with Gasteiger partial charge < -0.3 is 5.32 Å². The van der Waals surface area contributed by atoms with E-state index in [0.29, 0.717) is 23.7 Å². The van der Waals surface area contributed by atoms with Crippen LogP contribution >= 0.6 is 11.3 Å². The first kappa shape index (κ1) is 18.7. The number of likely N-dealkylation sites (tertiary alicyclic amines) is 1. The van der Waals surface area contributed by atoms with Crippen molar-refractivity contribution in [2.75, 3.05) is 18.4 Å². The molecule has 0 radical (unpaired) electrons. The molecule has 1 amide bonds. The fraction of sp³-hybridized carbons (Fsp3) is 0.286. The highest BCUT2D eigenvalue weighted by molar-refractivity contribution is 7.13. The zero-order chi connectivity index (χ0) is 19.3. The average Bonchev–Trinajstić information content (AvgIpc) is 3.36. The Morgan fingerprint density at radius 2 is 2.14 bits per heavy atom. The van der Waals surface area contributed by atoms with Gasteiger partial charge in [-0.2, -0.15) is 0 Å². The van der Waals surface area contributed by atoms with Crippen LogP contribution in [0.15, 0.2) is 54.0 Å². The highest BCUT2D eigenvalue weighted by Crippen LogP contribution is 2.31. The highest BCUT2D eigenvalue weighted by atomic mass is 32.1. The summed E-state index contributed by atoms with van der Waals surface area (Å²) in [5, 5.41) is 5.28. The van der Waals surface area contributed by atoms with Gasteiger partial charge in [-0.25, -0.2) is 9.37 Å². The molecule has 144 valence electrons. The van der Waals surface area contributed by atoms with E-state index >= 15 is 0 Å². The number of carbonyl (C=O) groups excluding carboxylic acids is 1. The minimum atomic E-state index is -0.212. The normalized spacial score (nSPS) is 17.0. The number of benzene rings is 1. The Hall–Kier alpha value is -2.64. The lowest BCUT2D eigenvalue weighted by molar-refractivity contribution is -0.117. The molecule has 0 aliphatic carbocycles. The van der Waals surface area contributed by atoms with Crippen molar-refractivity contribution in [2.45, 2.75) is 25.3 Å². The van der Waals surface area contributed by atoms with Gasteiger partial charge in [-0.3, -0.25) is 14.7 Å². The van der Waals surface area contributed by atoms with Crippen LogP contribution in [0.1, 0.15) is 35.8 Å². The maximum absolute atomic E-state index is 14.0. The lowest BCUT2D eigenvalue weighted by atomic mass is 10.1. The number of nitrogens with zero attached hydrogens (tertiary/aromatic N) is 3.